The van der Waals surface area contributed by atoms with Crippen molar-refractivity contribution < 1.29 is 22.8 Å². The van der Waals surface area contributed by atoms with Gasteiger partial charge in [-0.25, -0.2) is 9.78 Å². The number of carbonyl (C=O) groups is 2. The molecule has 1 aromatic carbocycles. The summed E-state index contributed by atoms with van der Waals surface area (Å²) in [6, 6.07) is 4.46. The maximum absolute atomic E-state index is 12.9. The Balaban J connectivity index is 1.39. The molecule has 0 radical (unpaired) electrons. The molecule has 1 aliphatic rings. The van der Waals surface area contributed by atoms with Crippen LogP contribution in [0.4, 0.5) is 23.1 Å². The summed E-state index contributed by atoms with van der Waals surface area (Å²) < 4.78 is 39.9. The summed E-state index contributed by atoms with van der Waals surface area (Å²) in [5.74, 6) is -0.284. The van der Waals surface area contributed by atoms with E-state index in [1.54, 1.807) is 35.9 Å². The first-order valence-corrected chi connectivity index (χ1v) is 10.9. The largest absolute Gasteiger partial charge is 0.416 e. The fourth-order valence-electron chi connectivity index (χ4n) is 3.46. The summed E-state index contributed by atoms with van der Waals surface area (Å²) in [4.78, 5) is 33.3. The zero-order valence-electron chi connectivity index (χ0n) is 17.9. The van der Waals surface area contributed by atoms with Gasteiger partial charge in [0.25, 0.3) is 5.91 Å². The SMILES string of the molecule is Cc1nc(N2CCN(Cc3ccc(C(F)(F)F)cc3)C2=O)sc1C(=O)NCc1cnn(C)c1. The van der Waals surface area contributed by atoms with Crippen molar-refractivity contribution in [3.8, 4) is 0 Å². The molecule has 1 saturated heterocycles. The van der Waals surface area contributed by atoms with E-state index in [2.05, 4.69) is 15.4 Å². The number of hydrogen-bond acceptors (Lipinski definition) is 5. The molecule has 0 saturated carbocycles. The van der Waals surface area contributed by atoms with Gasteiger partial charge >= 0.3 is 12.2 Å². The molecule has 0 spiro atoms. The van der Waals surface area contributed by atoms with E-state index in [1.165, 1.54) is 17.0 Å². The van der Waals surface area contributed by atoms with Crippen LogP contribution < -0.4 is 10.2 Å². The van der Waals surface area contributed by atoms with Crippen LogP contribution in [-0.2, 0) is 26.3 Å². The van der Waals surface area contributed by atoms with Gasteiger partial charge in [0.1, 0.15) is 4.88 Å². The van der Waals surface area contributed by atoms with Crippen LogP contribution in [0.2, 0.25) is 0 Å². The van der Waals surface area contributed by atoms with Gasteiger partial charge in [0.15, 0.2) is 5.13 Å². The summed E-state index contributed by atoms with van der Waals surface area (Å²) in [7, 11) is 1.79. The van der Waals surface area contributed by atoms with Crippen molar-refractivity contribution in [2.75, 3.05) is 18.0 Å². The van der Waals surface area contributed by atoms with E-state index in [0.717, 1.165) is 29.0 Å². The van der Waals surface area contributed by atoms with Crippen LogP contribution >= 0.6 is 11.3 Å². The number of nitrogens with zero attached hydrogens (tertiary/aromatic N) is 5. The molecule has 1 aliphatic heterocycles. The maximum atomic E-state index is 12.9. The number of aromatic nitrogens is 3. The molecule has 0 bridgehead atoms. The number of nitrogens with one attached hydrogen (secondary N) is 1. The highest BCUT2D eigenvalue weighted by molar-refractivity contribution is 7.17. The third-order valence-electron chi connectivity index (χ3n) is 5.18. The Hall–Kier alpha value is -3.41. The summed E-state index contributed by atoms with van der Waals surface area (Å²) in [6.45, 7) is 3.00. The summed E-state index contributed by atoms with van der Waals surface area (Å²) in [5, 5.41) is 7.30. The Labute approximate surface area is 191 Å². The molecule has 3 heterocycles. The van der Waals surface area contributed by atoms with Crippen molar-refractivity contribution in [2.24, 2.45) is 7.05 Å². The molecule has 3 amide bonds. The quantitative estimate of drug-likeness (QED) is 0.587. The Kier molecular flexibility index (Phi) is 6.11. The van der Waals surface area contributed by atoms with Crippen LogP contribution in [0.5, 0.6) is 0 Å². The molecule has 33 heavy (non-hydrogen) atoms. The van der Waals surface area contributed by atoms with Crippen LogP contribution in [0.25, 0.3) is 0 Å². The number of anilines is 1. The van der Waals surface area contributed by atoms with Gasteiger partial charge in [-0.15, -0.1) is 0 Å². The monoisotopic (exact) mass is 478 g/mol. The minimum atomic E-state index is -4.40. The molecule has 0 atom stereocenters. The summed E-state index contributed by atoms with van der Waals surface area (Å²) in [5.41, 5.74) is 1.26. The number of aryl methyl sites for hydroxylation is 2. The molecule has 0 unspecified atom stereocenters. The lowest BCUT2D eigenvalue weighted by Gasteiger charge is -2.17. The summed E-state index contributed by atoms with van der Waals surface area (Å²) >= 11 is 1.13. The minimum Gasteiger partial charge on any atom is -0.347 e. The fourth-order valence-corrected chi connectivity index (χ4v) is 4.46. The zero-order chi connectivity index (χ0) is 23.8. The molecule has 12 heteroatoms. The highest BCUT2D eigenvalue weighted by Crippen LogP contribution is 2.31. The predicted octanol–water partition coefficient (Wildman–Crippen LogP) is 3.58. The van der Waals surface area contributed by atoms with Crippen LogP contribution in [0, 0.1) is 6.92 Å². The van der Waals surface area contributed by atoms with Crippen LogP contribution in [0.3, 0.4) is 0 Å². The highest BCUT2D eigenvalue weighted by atomic mass is 32.1. The Morgan fingerprint density at radius 1 is 1.18 bits per heavy atom. The van der Waals surface area contributed by atoms with Gasteiger partial charge in [-0.3, -0.25) is 14.4 Å². The van der Waals surface area contributed by atoms with Gasteiger partial charge in [0.2, 0.25) is 0 Å². The molecule has 174 valence electrons. The molecule has 1 N–H and O–H groups in total. The zero-order valence-corrected chi connectivity index (χ0v) is 18.7. The maximum Gasteiger partial charge on any atom is 0.416 e. The van der Waals surface area contributed by atoms with E-state index in [4.69, 9.17) is 0 Å². The number of carbonyl (C=O) groups excluding carboxylic acids is 2. The van der Waals surface area contributed by atoms with Gasteiger partial charge in [0, 0.05) is 45.0 Å². The number of hydrogen-bond donors (Lipinski definition) is 1. The number of halogens is 3. The molecular weight excluding hydrogens is 457 g/mol. The van der Waals surface area contributed by atoms with Crippen LogP contribution in [0.15, 0.2) is 36.7 Å². The number of rotatable bonds is 6. The molecule has 8 nitrogen and oxygen atoms in total. The first kappa shape index (κ1) is 22.8. The molecule has 0 aliphatic carbocycles. The standard InChI is InChI=1S/C21H21F3N6O2S/c1-13-17(18(31)25-9-15-10-26-28(2)11-15)33-19(27-13)30-8-7-29(20(30)32)12-14-3-5-16(6-4-14)21(22,23)24/h3-6,10-11H,7-9,12H2,1-2H3,(H,25,31). The van der Waals surface area contributed by atoms with E-state index < -0.39 is 11.7 Å². The lowest BCUT2D eigenvalue weighted by Crippen LogP contribution is -2.31. The fraction of sp³-hybridized carbons (Fsp3) is 0.333. The molecular formula is C21H21F3N6O2S. The number of amides is 3. The van der Waals surface area contributed by atoms with Crippen molar-refractivity contribution in [3.63, 3.8) is 0 Å². The van der Waals surface area contributed by atoms with Gasteiger partial charge in [-0.2, -0.15) is 18.3 Å². The van der Waals surface area contributed by atoms with Crippen molar-refractivity contribution >= 4 is 28.4 Å². The smallest absolute Gasteiger partial charge is 0.347 e. The average molecular weight is 479 g/mol. The third kappa shape index (κ3) is 5.00. The van der Waals surface area contributed by atoms with Crippen LogP contribution in [0.1, 0.15) is 32.1 Å². The number of benzene rings is 1. The lowest BCUT2D eigenvalue weighted by atomic mass is 10.1. The third-order valence-corrected chi connectivity index (χ3v) is 6.36. The molecule has 3 aromatic rings. The van der Waals surface area contributed by atoms with Gasteiger partial charge in [-0.05, 0) is 24.6 Å². The second kappa shape index (κ2) is 8.85. The molecule has 4 rings (SSSR count). The lowest BCUT2D eigenvalue weighted by molar-refractivity contribution is -0.137. The van der Waals surface area contributed by atoms with Crippen molar-refractivity contribution in [3.05, 3.63) is 63.9 Å². The Bertz CT molecular complexity index is 1170. The minimum absolute atomic E-state index is 0.191. The van der Waals surface area contributed by atoms with E-state index in [-0.39, 0.29) is 18.5 Å². The molecule has 2 aromatic heterocycles. The van der Waals surface area contributed by atoms with E-state index in [9.17, 15) is 22.8 Å². The Morgan fingerprint density at radius 3 is 2.55 bits per heavy atom. The summed E-state index contributed by atoms with van der Waals surface area (Å²) in [6.07, 6.45) is -0.928. The van der Waals surface area contributed by atoms with Gasteiger partial charge in [-0.1, -0.05) is 23.5 Å². The average Bonchev–Trinajstić information content (AvgIpc) is 3.45. The van der Waals surface area contributed by atoms with E-state index in [1.807, 2.05) is 0 Å². The second-order valence-electron chi connectivity index (χ2n) is 7.67. The van der Waals surface area contributed by atoms with Crippen LogP contribution in [-0.4, -0.2) is 44.7 Å². The van der Waals surface area contributed by atoms with Crippen molar-refractivity contribution in [2.45, 2.75) is 26.2 Å². The normalized spacial score (nSPS) is 14.3. The Morgan fingerprint density at radius 2 is 1.91 bits per heavy atom. The first-order valence-electron chi connectivity index (χ1n) is 10.1. The number of thiazole rings is 1. The number of urea groups is 1. The van der Waals surface area contributed by atoms with Gasteiger partial charge < -0.3 is 10.2 Å². The van der Waals surface area contributed by atoms with E-state index in [0.29, 0.717) is 40.9 Å². The van der Waals surface area contributed by atoms with Crippen molar-refractivity contribution in [1.82, 2.24) is 25.0 Å². The number of alkyl halides is 3. The second-order valence-corrected chi connectivity index (χ2v) is 8.64. The van der Waals surface area contributed by atoms with Gasteiger partial charge in [0.05, 0.1) is 17.5 Å². The van der Waals surface area contributed by atoms with Crippen molar-refractivity contribution in [1.29, 1.82) is 0 Å². The van der Waals surface area contributed by atoms with E-state index >= 15 is 0 Å². The molecule has 1 fully saturated rings. The topological polar surface area (TPSA) is 83.4 Å². The highest BCUT2D eigenvalue weighted by Gasteiger charge is 2.33. The first-order chi connectivity index (χ1) is 15.6. The predicted molar refractivity (Wildman–Crippen MR) is 116 cm³/mol.